The molecule has 0 spiro atoms. The molecule has 0 radical (unpaired) electrons. The molecule has 0 saturated carbocycles. The standard InChI is InChI=1S/C19H18BrN5O3S/c1-28-16-9-5-4-8-15(16)25-12-22-24-19(25)29-11-18(27)21-10-17(26)23-14-7-3-2-6-13(14)20/h2-9,12H,10-11H2,1H3,(H,21,27)(H,23,26). The predicted octanol–water partition coefficient (Wildman–Crippen LogP) is 2.89. The van der Waals surface area contributed by atoms with Gasteiger partial charge in [0, 0.05) is 4.47 Å². The zero-order valence-corrected chi connectivity index (χ0v) is 17.9. The molecule has 3 rings (SSSR count). The Morgan fingerprint density at radius 1 is 1.14 bits per heavy atom. The van der Waals surface area contributed by atoms with Gasteiger partial charge in [-0.25, -0.2) is 0 Å². The number of amides is 2. The molecule has 0 aliphatic rings. The molecule has 2 aromatic carbocycles. The van der Waals surface area contributed by atoms with Gasteiger partial charge in [-0.3, -0.25) is 14.2 Å². The van der Waals surface area contributed by atoms with E-state index in [-0.39, 0.29) is 24.1 Å². The van der Waals surface area contributed by atoms with Crippen LogP contribution in [-0.4, -0.2) is 46.0 Å². The van der Waals surface area contributed by atoms with Crippen LogP contribution < -0.4 is 15.4 Å². The molecule has 3 aromatic rings. The summed E-state index contributed by atoms with van der Waals surface area (Å²) in [6.07, 6.45) is 1.56. The van der Waals surface area contributed by atoms with Gasteiger partial charge in [-0.15, -0.1) is 10.2 Å². The summed E-state index contributed by atoms with van der Waals surface area (Å²) >= 11 is 4.57. The molecule has 29 heavy (non-hydrogen) atoms. The monoisotopic (exact) mass is 475 g/mol. The fourth-order valence-corrected chi connectivity index (χ4v) is 3.57. The van der Waals surface area contributed by atoms with Crippen molar-refractivity contribution in [1.29, 1.82) is 0 Å². The summed E-state index contributed by atoms with van der Waals surface area (Å²) in [4.78, 5) is 24.1. The highest BCUT2D eigenvalue weighted by molar-refractivity contribution is 9.10. The molecular formula is C19H18BrN5O3S. The Hall–Kier alpha value is -2.85. The van der Waals surface area contributed by atoms with Crippen molar-refractivity contribution >= 4 is 45.2 Å². The summed E-state index contributed by atoms with van der Waals surface area (Å²) in [5.74, 6) is 0.164. The van der Waals surface area contributed by atoms with Crippen molar-refractivity contribution in [2.24, 2.45) is 0 Å². The van der Waals surface area contributed by atoms with E-state index in [0.717, 1.165) is 10.2 Å². The minimum Gasteiger partial charge on any atom is -0.495 e. The van der Waals surface area contributed by atoms with Gasteiger partial charge in [-0.1, -0.05) is 36.0 Å². The first-order valence-corrected chi connectivity index (χ1v) is 10.3. The molecule has 0 aliphatic carbocycles. The van der Waals surface area contributed by atoms with Crippen LogP contribution in [0.15, 0.2) is 64.5 Å². The maximum absolute atomic E-state index is 12.1. The number of carbonyl (C=O) groups excluding carboxylic acids is 2. The molecule has 8 nitrogen and oxygen atoms in total. The SMILES string of the molecule is COc1ccccc1-n1cnnc1SCC(=O)NCC(=O)Nc1ccccc1Br. The molecule has 0 saturated heterocycles. The first kappa shape index (κ1) is 20.9. The highest BCUT2D eigenvalue weighted by Gasteiger charge is 2.14. The van der Waals surface area contributed by atoms with Crippen LogP contribution in [-0.2, 0) is 9.59 Å². The maximum Gasteiger partial charge on any atom is 0.243 e. The van der Waals surface area contributed by atoms with Gasteiger partial charge in [-0.2, -0.15) is 0 Å². The van der Waals surface area contributed by atoms with Crippen molar-refractivity contribution in [3.8, 4) is 11.4 Å². The molecular weight excluding hydrogens is 458 g/mol. The number of hydrogen-bond acceptors (Lipinski definition) is 6. The Balaban J connectivity index is 1.52. The molecule has 1 aromatic heterocycles. The van der Waals surface area contributed by atoms with Gasteiger partial charge in [0.1, 0.15) is 12.1 Å². The van der Waals surface area contributed by atoms with Crippen molar-refractivity contribution < 1.29 is 14.3 Å². The van der Waals surface area contributed by atoms with Crippen LogP contribution >= 0.6 is 27.7 Å². The van der Waals surface area contributed by atoms with Gasteiger partial charge in [0.25, 0.3) is 0 Å². The summed E-state index contributed by atoms with van der Waals surface area (Å²) < 4.78 is 7.87. The number of anilines is 1. The molecule has 2 amide bonds. The van der Waals surface area contributed by atoms with Crippen LogP contribution in [0.1, 0.15) is 0 Å². The van der Waals surface area contributed by atoms with Crippen LogP contribution in [0.3, 0.4) is 0 Å². The average molecular weight is 476 g/mol. The molecule has 2 N–H and O–H groups in total. The van der Waals surface area contributed by atoms with Gasteiger partial charge < -0.3 is 15.4 Å². The number of benzene rings is 2. The second kappa shape index (κ2) is 10.1. The Morgan fingerprint density at radius 2 is 1.90 bits per heavy atom. The lowest BCUT2D eigenvalue weighted by Crippen LogP contribution is -2.34. The minimum atomic E-state index is -0.313. The topological polar surface area (TPSA) is 98.1 Å². The Morgan fingerprint density at radius 3 is 2.69 bits per heavy atom. The van der Waals surface area contributed by atoms with Crippen molar-refractivity contribution in [1.82, 2.24) is 20.1 Å². The number of thioether (sulfide) groups is 1. The van der Waals surface area contributed by atoms with Crippen LogP contribution in [0.4, 0.5) is 5.69 Å². The van der Waals surface area contributed by atoms with Gasteiger partial charge in [0.15, 0.2) is 5.16 Å². The van der Waals surface area contributed by atoms with E-state index in [9.17, 15) is 9.59 Å². The Bertz CT molecular complexity index is 1010. The van der Waals surface area contributed by atoms with E-state index in [2.05, 4.69) is 36.8 Å². The first-order valence-electron chi connectivity index (χ1n) is 8.55. The van der Waals surface area contributed by atoms with Gasteiger partial charge >= 0.3 is 0 Å². The smallest absolute Gasteiger partial charge is 0.243 e. The summed E-state index contributed by atoms with van der Waals surface area (Å²) in [5.41, 5.74) is 1.42. The lowest BCUT2D eigenvalue weighted by molar-refractivity contribution is -0.122. The van der Waals surface area contributed by atoms with E-state index in [1.54, 1.807) is 24.1 Å². The fourth-order valence-electron chi connectivity index (χ4n) is 2.43. The van der Waals surface area contributed by atoms with Crippen LogP contribution in [0.25, 0.3) is 5.69 Å². The lowest BCUT2D eigenvalue weighted by atomic mass is 10.3. The van der Waals surface area contributed by atoms with E-state index in [1.165, 1.54) is 11.8 Å². The summed E-state index contributed by atoms with van der Waals surface area (Å²) in [6.45, 7) is -0.125. The van der Waals surface area contributed by atoms with Gasteiger partial charge in [0.05, 0.1) is 30.8 Å². The molecule has 0 aliphatic heterocycles. The number of carbonyl (C=O) groups is 2. The van der Waals surface area contributed by atoms with Crippen LogP contribution in [0.5, 0.6) is 5.75 Å². The van der Waals surface area contributed by atoms with E-state index in [1.807, 2.05) is 42.5 Å². The number of para-hydroxylation sites is 3. The third-order valence-corrected chi connectivity index (χ3v) is 5.42. The first-order chi connectivity index (χ1) is 14.1. The lowest BCUT2D eigenvalue weighted by Gasteiger charge is -2.11. The number of methoxy groups -OCH3 is 1. The molecule has 0 unspecified atom stereocenters. The zero-order chi connectivity index (χ0) is 20.6. The minimum absolute atomic E-state index is 0.0934. The number of aromatic nitrogens is 3. The predicted molar refractivity (Wildman–Crippen MR) is 114 cm³/mol. The highest BCUT2D eigenvalue weighted by Crippen LogP contribution is 2.26. The van der Waals surface area contributed by atoms with Crippen molar-refractivity contribution in [3.05, 3.63) is 59.3 Å². The van der Waals surface area contributed by atoms with E-state index in [4.69, 9.17) is 4.74 Å². The summed E-state index contributed by atoms with van der Waals surface area (Å²) in [5, 5.41) is 13.8. The third kappa shape index (κ3) is 5.58. The maximum atomic E-state index is 12.1. The number of ether oxygens (including phenoxy) is 1. The fraction of sp³-hybridized carbons (Fsp3) is 0.158. The normalized spacial score (nSPS) is 10.4. The Kier molecular flexibility index (Phi) is 7.25. The number of nitrogens with zero attached hydrogens (tertiary/aromatic N) is 3. The van der Waals surface area contributed by atoms with E-state index < -0.39 is 0 Å². The quantitative estimate of drug-likeness (QED) is 0.486. The molecule has 0 fully saturated rings. The van der Waals surface area contributed by atoms with E-state index in [0.29, 0.717) is 16.6 Å². The molecule has 0 atom stereocenters. The van der Waals surface area contributed by atoms with Crippen molar-refractivity contribution in [2.45, 2.75) is 5.16 Å². The molecule has 0 bridgehead atoms. The number of nitrogens with one attached hydrogen (secondary N) is 2. The largest absolute Gasteiger partial charge is 0.495 e. The number of halogens is 1. The van der Waals surface area contributed by atoms with Crippen molar-refractivity contribution in [3.63, 3.8) is 0 Å². The van der Waals surface area contributed by atoms with Crippen LogP contribution in [0.2, 0.25) is 0 Å². The number of hydrogen-bond donors (Lipinski definition) is 2. The van der Waals surface area contributed by atoms with Crippen molar-refractivity contribution in [2.75, 3.05) is 24.7 Å². The average Bonchev–Trinajstić information content (AvgIpc) is 3.21. The third-order valence-electron chi connectivity index (χ3n) is 3.79. The second-order valence-corrected chi connectivity index (χ2v) is 7.55. The number of rotatable bonds is 8. The Labute approximate surface area is 180 Å². The molecule has 10 heteroatoms. The zero-order valence-electron chi connectivity index (χ0n) is 15.5. The van der Waals surface area contributed by atoms with Gasteiger partial charge in [0.2, 0.25) is 11.8 Å². The summed E-state index contributed by atoms with van der Waals surface area (Å²) in [6, 6.07) is 14.7. The van der Waals surface area contributed by atoms with E-state index >= 15 is 0 Å². The second-order valence-electron chi connectivity index (χ2n) is 5.75. The summed E-state index contributed by atoms with van der Waals surface area (Å²) in [7, 11) is 1.59. The highest BCUT2D eigenvalue weighted by atomic mass is 79.9. The molecule has 1 heterocycles. The van der Waals surface area contributed by atoms with Gasteiger partial charge in [-0.05, 0) is 40.2 Å². The molecule has 150 valence electrons. The van der Waals surface area contributed by atoms with Crippen LogP contribution in [0, 0.1) is 0 Å².